The van der Waals surface area contributed by atoms with E-state index in [4.69, 9.17) is 0 Å². The van der Waals surface area contributed by atoms with Crippen LogP contribution in [0.3, 0.4) is 0 Å². The van der Waals surface area contributed by atoms with Gasteiger partial charge in [0.2, 0.25) is 0 Å². The Bertz CT molecular complexity index is 713. The maximum Gasteiger partial charge on any atom is 0.256 e. The lowest BCUT2D eigenvalue weighted by Crippen LogP contribution is -2.03. The predicted octanol–water partition coefficient (Wildman–Crippen LogP) is 3.26. The van der Waals surface area contributed by atoms with Crippen LogP contribution in [0.4, 0.5) is 10.1 Å². The Morgan fingerprint density at radius 1 is 1.21 bits per heavy atom. The van der Waals surface area contributed by atoms with Crippen molar-refractivity contribution in [3.8, 4) is 0 Å². The number of amides is 1. The van der Waals surface area contributed by atoms with Crippen LogP contribution in [0.2, 0.25) is 0 Å². The zero-order valence-electron chi connectivity index (χ0n) is 10.7. The minimum Gasteiger partial charge on any atom is -0.359 e. The molecule has 0 unspecified atom stereocenters. The van der Waals surface area contributed by atoms with E-state index >= 15 is 0 Å². The molecule has 0 bridgehead atoms. The van der Waals surface area contributed by atoms with Gasteiger partial charge in [0.15, 0.2) is 0 Å². The minimum atomic E-state index is -0.347. The number of hydrogen-bond acceptors (Lipinski definition) is 1. The number of rotatable bonds is 1. The van der Waals surface area contributed by atoms with E-state index in [9.17, 15) is 9.18 Å². The van der Waals surface area contributed by atoms with Gasteiger partial charge in [-0.05, 0) is 49.8 Å². The molecule has 2 heterocycles. The molecule has 19 heavy (non-hydrogen) atoms. The molecule has 0 saturated heterocycles. The lowest BCUT2D eigenvalue weighted by Gasteiger charge is -1.98. The van der Waals surface area contributed by atoms with Gasteiger partial charge < -0.3 is 10.3 Å². The number of aryl methyl sites for hydroxylation is 2. The summed E-state index contributed by atoms with van der Waals surface area (Å²) in [5.74, 6) is -0.548. The molecular weight excluding hydrogens is 243 g/mol. The summed E-state index contributed by atoms with van der Waals surface area (Å²) in [6.45, 7) is 3.92. The van der Waals surface area contributed by atoms with Crippen molar-refractivity contribution in [1.29, 1.82) is 0 Å². The smallest absolute Gasteiger partial charge is 0.256 e. The summed E-state index contributed by atoms with van der Waals surface area (Å²) in [5.41, 5.74) is 4.71. The molecule has 1 aliphatic rings. The van der Waals surface area contributed by atoms with Crippen LogP contribution >= 0.6 is 0 Å². The van der Waals surface area contributed by atoms with Gasteiger partial charge in [0.1, 0.15) is 5.82 Å². The molecule has 4 heteroatoms. The summed E-state index contributed by atoms with van der Waals surface area (Å²) in [4.78, 5) is 15.1. The van der Waals surface area contributed by atoms with Gasteiger partial charge in [-0.3, -0.25) is 4.79 Å². The second kappa shape index (κ2) is 4.09. The number of carbonyl (C=O) groups is 1. The highest BCUT2D eigenvalue weighted by Crippen LogP contribution is 2.33. The van der Waals surface area contributed by atoms with Crippen molar-refractivity contribution in [1.82, 2.24) is 4.98 Å². The van der Waals surface area contributed by atoms with Crippen molar-refractivity contribution < 1.29 is 9.18 Å². The second-order valence-electron chi connectivity index (χ2n) is 4.75. The molecule has 0 fully saturated rings. The zero-order valence-corrected chi connectivity index (χ0v) is 10.7. The van der Waals surface area contributed by atoms with Crippen molar-refractivity contribution in [2.75, 3.05) is 5.32 Å². The molecule has 0 spiro atoms. The number of fused-ring (bicyclic) bond motifs is 1. The molecule has 0 aliphatic carbocycles. The fourth-order valence-corrected chi connectivity index (χ4v) is 2.35. The molecule has 0 radical (unpaired) electrons. The van der Waals surface area contributed by atoms with Gasteiger partial charge in [-0.2, -0.15) is 0 Å². The molecule has 1 aromatic carbocycles. The highest BCUT2D eigenvalue weighted by molar-refractivity contribution is 6.34. The van der Waals surface area contributed by atoms with Crippen LogP contribution in [0.1, 0.15) is 22.5 Å². The Morgan fingerprint density at radius 2 is 2.00 bits per heavy atom. The van der Waals surface area contributed by atoms with Gasteiger partial charge in [-0.15, -0.1) is 0 Å². The lowest BCUT2D eigenvalue weighted by atomic mass is 10.1. The molecule has 3 nitrogen and oxygen atoms in total. The van der Waals surface area contributed by atoms with Crippen LogP contribution in [-0.2, 0) is 4.79 Å². The number of hydrogen-bond donors (Lipinski definition) is 2. The number of benzene rings is 1. The van der Waals surface area contributed by atoms with Gasteiger partial charge in [-0.25, -0.2) is 4.39 Å². The maximum atomic E-state index is 13.3. The number of anilines is 1. The molecule has 96 valence electrons. The summed E-state index contributed by atoms with van der Waals surface area (Å²) >= 11 is 0. The molecule has 0 saturated carbocycles. The number of carbonyl (C=O) groups excluding carboxylic acids is 1. The summed E-state index contributed by atoms with van der Waals surface area (Å²) in [6, 6.07) is 6.30. The molecule has 0 atom stereocenters. The van der Waals surface area contributed by atoms with Crippen LogP contribution in [0, 0.1) is 19.7 Å². The minimum absolute atomic E-state index is 0.202. The Morgan fingerprint density at radius 3 is 2.68 bits per heavy atom. The fourth-order valence-electron chi connectivity index (χ4n) is 2.35. The SMILES string of the molecule is Cc1cc(C)c(/C=C2/C(=O)Nc3ccc(F)cc32)[nH]1. The molecule has 1 aromatic heterocycles. The summed E-state index contributed by atoms with van der Waals surface area (Å²) in [7, 11) is 0. The van der Waals surface area contributed by atoms with E-state index in [1.807, 2.05) is 19.9 Å². The third kappa shape index (κ3) is 1.95. The molecule has 3 rings (SSSR count). The van der Waals surface area contributed by atoms with Crippen molar-refractivity contribution in [3.63, 3.8) is 0 Å². The largest absolute Gasteiger partial charge is 0.359 e. The Labute approximate surface area is 110 Å². The van der Waals surface area contributed by atoms with E-state index in [0.29, 0.717) is 16.8 Å². The maximum absolute atomic E-state index is 13.3. The quantitative estimate of drug-likeness (QED) is 0.756. The molecular formula is C15H13FN2O. The number of halogens is 1. The van der Waals surface area contributed by atoms with Crippen LogP contribution in [0.5, 0.6) is 0 Å². The first kappa shape index (κ1) is 11.7. The number of nitrogens with one attached hydrogen (secondary N) is 2. The van der Waals surface area contributed by atoms with Crippen molar-refractivity contribution in [2.24, 2.45) is 0 Å². The van der Waals surface area contributed by atoms with Crippen LogP contribution in [0.15, 0.2) is 24.3 Å². The third-order valence-electron chi connectivity index (χ3n) is 3.24. The van der Waals surface area contributed by atoms with E-state index in [1.54, 1.807) is 12.1 Å². The molecule has 2 aromatic rings. The molecule has 2 N–H and O–H groups in total. The van der Waals surface area contributed by atoms with E-state index in [-0.39, 0.29) is 11.7 Å². The average Bonchev–Trinajstić information content (AvgIpc) is 2.81. The van der Waals surface area contributed by atoms with E-state index < -0.39 is 0 Å². The van der Waals surface area contributed by atoms with Gasteiger partial charge in [0, 0.05) is 22.6 Å². The van der Waals surface area contributed by atoms with E-state index in [1.165, 1.54) is 12.1 Å². The van der Waals surface area contributed by atoms with Gasteiger partial charge in [0.05, 0.1) is 5.57 Å². The van der Waals surface area contributed by atoms with Gasteiger partial charge >= 0.3 is 0 Å². The Balaban J connectivity index is 2.14. The highest BCUT2D eigenvalue weighted by atomic mass is 19.1. The molecule has 1 aliphatic heterocycles. The number of H-pyrrole nitrogens is 1. The summed E-state index contributed by atoms with van der Waals surface area (Å²) < 4.78 is 13.3. The van der Waals surface area contributed by atoms with Crippen LogP contribution in [0.25, 0.3) is 11.6 Å². The summed E-state index contributed by atoms with van der Waals surface area (Å²) in [6.07, 6.45) is 1.77. The average molecular weight is 256 g/mol. The zero-order chi connectivity index (χ0) is 13.6. The third-order valence-corrected chi connectivity index (χ3v) is 3.24. The Hall–Kier alpha value is -2.36. The van der Waals surface area contributed by atoms with Gasteiger partial charge in [0.25, 0.3) is 5.91 Å². The first-order chi connectivity index (χ1) is 9.04. The van der Waals surface area contributed by atoms with Crippen molar-refractivity contribution in [2.45, 2.75) is 13.8 Å². The monoisotopic (exact) mass is 256 g/mol. The normalized spacial score (nSPS) is 15.7. The molecule has 1 amide bonds. The first-order valence-corrected chi connectivity index (χ1v) is 6.04. The highest BCUT2D eigenvalue weighted by Gasteiger charge is 2.24. The van der Waals surface area contributed by atoms with Crippen molar-refractivity contribution in [3.05, 3.63) is 52.6 Å². The van der Waals surface area contributed by atoms with Crippen molar-refractivity contribution >= 4 is 23.2 Å². The van der Waals surface area contributed by atoms with Crippen LogP contribution in [-0.4, -0.2) is 10.9 Å². The second-order valence-corrected chi connectivity index (χ2v) is 4.75. The number of aromatic amines is 1. The predicted molar refractivity (Wildman–Crippen MR) is 73.2 cm³/mol. The van der Waals surface area contributed by atoms with Crippen LogP contribution < -0.4 is 5.32 Å². The Kier molecular flexibility index (Phi) is 2.52. The standard InChI is InChI=1S/C15H13FN2O/c1-8-5-9(2)17-14(8)7-12-11-6-10(16)3-4-13(11)18-15(12)19/h3-7,17H,1-2H3,(H,18,19)/b12-7+. The topological polar surface area (TPSA) is 44.9 Å². The fraction of sp³-hybridized carbons (Fsp3) is 0.133. The van der Waals surface area contributed by atoms with Gasteiger partial charge in [-0.1, -0.05) is 0 Å². The summed E-state index contributed by atoms with van der Waals surface area (Å²) in [5, 5.41) is 2.73. The van der Waals surface area contributed by atoms with E-state index in [2.05, 4.69) is 10.3 Å². The first-order valence-electron chi connectivity index (χ1n) is 6.04. The number of aromatic nitrogens is 1. The lowest BCUT2D eigenvalue weighted by molar-refractivity contribution is -0.110. The van der Waals surface area contributed by atoms with E-state index in [0.717, 1.165) is 17.0 Å².